The Morgan fingerprint density at radius 1 is 1.61 bits per heavy atom. The van der Waals surface area contributed by atoms with Crippen molar-refractivity contribution in [2.75, 3.05) is 5.73 Å². The molecule has 0 bridgehead atoms. The number of nitrogens with zero attached hydrogens (tertiary/aromatic N) is 2. The van der Waals surface area contributed by atoms with Gasteiger partial charge in [-0.3, -0.25) is 4.57 Å². The van der Waals surface area contributed by atoms with E-state index in [4.69, 9.17) is 10.9 Å². The molecule has 0 spiro atoms. The van der Waals surface area contributed by atoms with Crippen molar-refractivity contribution < 1.29 is 23.8 Å². The normalized spacial score (nSPS) is 30.6. The third kappa shape index (κ3) is 1.84. The maximum atomic E-state index is 13.7. The summed E-state index contributed by atoms with van der Waals surface area (Å²) < 4.78 is 32.5. The predicted octanol–water partition coefficient (Wildman–Crippen LogP) is -1.34. The highest BCUT2D eigenvalue weighted by Gasteiger charge is 2.59. The van der Waals surface area contributed by atoms with Crippen LogP contribution in [0.3, 0.4) is 0 Å². The second-order valence-electron chi connectivity index (χ2n) is 3.70. The Morgan fingerprint density at radius 2 is 2.28 bits per heavy atom. The first kappa shape index (κ1) is 12.8. The number of rotatable bonds is 2. The number of nitrogens with one attached hydrogen (secondary N) is 1. The molecule has 0 aromatic carbocycles. The van der Waals surface area contributed by atoms with Crippen LogP contribution in [0.15, 0.2) is 17.1 Å². The summed E-state index contributed by atoms with van der Waals surface area (Å²) in [5.41, 5.74) is 5.56. The van der Waals surface area contributed by atoms with E-state index in [1.165, 1.54) is 5.48 Å². The van der Waals surface area contributed by atoms with Gasteiger partial charge in [0.2, 0.25) is 6.23 Å². The summed E-state index contributed by atoms with van der Waals surface area (Å²) in [6.07, 6.45) is -5.14. The van der Waals surface area contributed by atoms with Gasteiger partial charge in [-0.25, -0.2) is 4.79 Å². The Morgan fingerprint density at radius 3 is 2.78 bits per heavy atom. The number of hydrogen-bond acceptors (Lipinski definition) is 7. The zero-order valence-electron chi connectivity index (χ0n) is 8.83. The first-order valence-electron chi connectivity index (χ1n) is 4.83. The molecule has 1 fully saturated rings. The van der Waals surface area contributed by atoms with E-state index in [-0.39, 0.29) is 5.82 Å². The van der Waals surface area contributed by atoms with Gasteiger partial charge in [-0.15, -0.1) is 0 Å². The smallest absolute Gasteiger partial charge is 0.351 e. The van der Waals surface area contributed by atoms with Crippen molar-refractivity contribution in [2.24, 2.45) is 0 Å². The molecule has 1 aliphatic rings. The van der Waals surface area contributed by atoms with Crippen LogP contribution in [0.25, 0.3) is 0 Å². The molecule has 100 valence electrons. The van der Waals surface area contributed by atoms with Crippen molar-refractivity contribution >= 4 is 5.82 Å². The van der Waals surface area contributed by atoms with Crippen LogP contribution in [0.2, 0.25) is 0 Å². The Kier molecular flexibility index (Phi) is 3.02. The summed E-state index contributed by atoms with van der Waals surface area (Å²) in [6.45, 7) is 0. The van der Waals surface area contributed by atoms with Crippen LogP contribution in [-0.4, -0.2) is 38.1 Å². The van der Waals surface area contributed by atoms with E-state index in [0.29, 0.717) is 4.57 Å². The maximum Gasteiger partial charge on any atom is 0.351 e. The van der Waals surface area contributed by atoms with Gasteiger partial charge in [-0.2, -0.15) is 19.2 Å². The van der Waals surface area contributed by atoms with Gasteiger partial charge >= 0.3 is 11.6 Å². The molecule has 3 atom stereocenters. The molecule has 0 radical (unpaired) electrons. The number of hydrogen-bond donors (Lipinski definition) is 4. The number of aliphatic hydroxyl groups excluding tert-OH is 1. The van der Waals surface area contributed by atoms with Crippen molar-refractivity contribution in [1.82, 2.24) is 15.0 Å². The van der Waals surface area contributed by atoms with Crippen LogP contribution in [0.1, 0.15) is 6.23 Å². The van der Waals surface area contributed by atoms with Gasteiger partial charge in [0.25, 0.3) is 0 Å². The van der Waals surface area contributed by atoms with E-state index in [1.54, 1.807) is 0 Å². The number of ether oxygens (including phenoxy) is 1. The molecule has 8 nitrogen and oxygen atoms in total. The van der Waals surface area contributed by atoms with Gasteiger partial charge < -0.3 is 20.8 Å². The maximum absolute atomic E-state index is 13.7. The standard InChI is InChI=1S/C8H10F2N4O4/c9-8(10)4(15)5(13-17)18-6(8)14-2-1-3(11)12-7(14)16/h1-2,4-6,13,15,17H,(H2,11,12,16)/t4-,5+,6-/m1/s1. The van der Waals surface area contributed by atoms with E-state index in [2.05, 4.69) is 9.72 Å². The number of aliphatic hydroxyl groups is 1. The molecule has 0 saturated carbocycles. The molecule has 5 N–H and O–H groups in total. The molecule has 0 unspecified atom stereocenters. The molecular formula is C8H10F2N4O4. The second kappa shape index (κ2) is 4.24. The third-order valence-corrected chi connectivity index (χ3v) is 2.52. The molecule has 1 saturated heterocycles. The number of aromatic nitrogens is 2. The fourth-order valence-corrected chi connectivity index (χ4v) is 1.61. The Bertz CT molecular complexity index is 508. The number of halogens is 2. The zero-order valence-corrected chi connectivity index (χ0v) is 8.83. The summed E-state index contributed by atoms with van der Waals surface area (Å²) in [6, 6.07) is 1.13. The monoisotopic (exact) mass is 264 g/mol. The number of alkyl halides is 2. The van der Waals surface area contributed by atoms with Crippen molar-refractivity contribution in [2.45, 2.75) is 24.5 Å². The summed E-state index contributed by atoms with van der Waals surface area (Å²) in [5, 5.41) is 17.8. The van der Waals surface area contributed by atoms with E-state index >= 15 is 0 Å². The van der Waals surface area contributed by atoms with E-state index < -0.39 is 30.2 Å². The van der Waals surface area contributed by atoms with Crippen LogP contribution in [0, 0.1) is 0 Å². The van der Waals surface area contributed by atoms with Gasteiger partial charge in [-0.05, 0) is 6.07 Å². The Balaban J connectivity index is 2.42. The summed E-state index contributed by atoms with van der Waals surface area (Å²) in [7, 11) is 0. The topological polar surface area (TPSA) is 123 Å². The van der Waals surface area contributed by atoms with Crippen molar-refractivity contribution in [1.29, 1.82) is 0 Å². The van der Waals surface area contributed by atoms with Crippen molar-refractivity contribution in [3.63, 3.8) is 0 Å². The lowest BCUT2D eigenvalue weighted by molar-refractivity contribution is -0.141. The zero-order chi connectivity index (χ0) is 13.5. The number of hydroxylamine groups is 1. The molecule has 1 aromatic heterocycles. The van der Waals surface area contributed by atoms with Crippen LogP contribution in [0.5, 0.6) is 0 Å². The first-order valence-corrected chi connectivity index (χ1v) is 4.83. The summed E-state index contributed by atoms with van der Waals surface area (Å²) in [4.78, 5) is 14.7. The van der Waals surface area contributed by atoms with Gasteiger partial charge in [0, 0.05) is 6.20 Å². The van der Waals surface area contributed by atoms with Crippen LogP contribution >= 0.6 is 0 Å². The van der Waals surface area contributed by atoms with Gasteiger partial charge in [0.05, 0.1) is 0 Å². The Labute approximate surface area is 98.6 Å². The molecular weight excluding hydrogens is 254 g/mol. The molecule has 10 heteroatoms. The minimum atomic E-state index is -3.78. The number of nitrogen functional groups attached to an aromatic ring is 1. The van der Waals surface area contributed by atoms with E-state index in [0.717, 1.165) is 12.3 Å². The van der Waals surface area contributed by atoms with Crippen molar-refractivity contribution in [3.05, 3.63) is 22.7 Å². The number of nitrogens with two attached hydrogens (primary N) is 1. The molecule has 1 aromatic rings. The van der Waals surface area contributed by atoms with Gasteiger partial charge in [0.1, 0.15) is 5.82 Å². The summed E-state index contributed by atoms with van der Waals surface area (Å²) in [5.74, 6) is -3.91. The minimum absolute atomic E-state index is 0.130. The molecule has 2 rings (SSSR count). The Hall–Kier alpha value is -1.62. The fraction of sp³-hybridized carbons (Fsp3) is 0.500. The predicted molar refractivity (Wildman–Crippen MR) is 52.7 cm³/mol. The van der Waals surface area contributed by atoms with Crippen molar-refractivity contribution in [3.8, 4) is 0 Å². The minimum Gasteiger partial charge on any atom is -0.383 e. The molecule has 18 heavy (non-hydrogen) atoms. The first-order chi connectivity index (χ1) is 8.37. The summed E-state index contributed by atoms with van der Waals surface area (Å²) >= 11 is 0. The second-order valence-corrected chi connectivity index (χ2v) is 3.70. The lowest BCUT2D eigenvalue weighted by Crippen LogP contribution is -2.44. The number of anilines is 1. The van der Waals surface area contributed by atoms with Gasteiger partial charge in [-0.1, -0.05) is 0 Å². The highest BCUT2D eigenvalue weighted by Crippen LogP contribution is 2.41. The van der Waals surface area contributed by atoms with Crippen LogP contribution < -0.4 is 16.9 Å². The van der Waals surface area contributed by atoms with E-state index in [1.807, 2.05) is 0 Å². The fourth-order valence-electron chi connectivity index (χ4n) is 1.61. The highest BCUT2D eigenvalue weighted by atomic mass is 19.3. The average molecular weight is 264 g/mol. The highest BCUT2D eigenvalue weighted by molar-refractivity contribution is 5.23. The van der Waals surface area contributed by atoms with Crippen LogP contribution in [-0.2, 0) is 4.74 Å². The molecule has 1 aliphatic heterocycles. The largest absolute Gasteiger partial charge is 0.383 e. The third-order valence-electron chi connectivity index (χ3n) is 2.52. The lowest BCUT2D eigenvalue weighted by Gasteiger charge is -2.20. The van der Waals surface area contributed by atoms with Crippen LogP contribution in [0.4, 0.5) is 14.6 Å². The van der Waals surface area contributed by atoms with E-state index in [9.17, 15) is 18.7 Å². The lowest BCUT2D eigenvalue weighted by atomic mass is 10.2. The molecule has 2 heterocycles. The quantitative estimate of drug-likeness (QED) is 0.487. The molecule has 0 amide bonds. The molecule has 0 aliphatic carbocycles. The average Bonchev–Trinajstić information content (AvgIpc) is 2.52. The SMILES string of the molecule is Nc1ccn([C@@H]2O[C@H](NO)[C@@H](O)C2(F)F)c(=O)n1. The van der Waals surface area contributed by atoms with Gasteiger partial charge in [0.15, 0.2) is 12.3 Å².